The van der Waals surface area contributed by atoms with E-state index in [-0.39, 0.29) is 18.1 Å². The molecule has 0 saturated carbocycles. The molecule has 0 bridgehead atoms. The van der Waals surface area contributed by atoms with E-state index in [9.17, 15) is 9.59 Å². The zero-order valence-corrected chi connectivity index (χ0v) is 15.0. The lowest BCUT2D eigenvalue weighted by Gasteiger charge is -2.07. The maximum absolute atomic E-state index is 12.2. The number of benzene rings is 2. The van der Waals surface area contributed by atoms with Gasteiger partial charge in [-0.15, -0.1) is 11.3 Å². The van der Waals surface area contributed by atoms with Crippen LogP contribution in [0.5, 0.6) is 5.75 Å². The van der Waals surface area contributed by atoms with Crippen LogP contribution in [0.1, 0.15) is 15.9 Å². The monoisotopic (exact) mass is 366 g/mol. The first-order valence-electron chi connectivity index (χ1n) is 8.01. The number of nitrogens with one attached hydrogen (secondary N) is 1. The number of hydrogen-bond donors (Lipinski definition) is 2. The summed E-state index contributed by atoms with van der Waals surface area (Å²) in [6, 6.07) is 18.7. The maximum atomic E-state index is 12.2. The zero-order valence-electron chi connectivity index (χ0n) is 14.2. The molecule has 1 heterocycles. The van der Waals surface area contributed by atoms with Crippen LogP contribution >= 0.6 is 11.3 Å². The number of anilines is 1. The minimum atomic E-state index is -0.585. The third-order valence-electron chi connectivity index (χ3n) is 3.67. The fourth-order valence-electron chi connectivity index (χ4n) is 2.43. The van der Waals surface area contributed by atoms with Gasteiger partial charge in [0, 0.05) is 4.88 Å². The molecule has 2 aromatic carbocycles. The highest BCUT2D eigenvalue weighted by Gasteiger charge is 2.17. The van der Waals surface area contributed by atoms with Gasteiger partial charge in [-0.1, -0.05) is 42.5 Å². The van der Waals surface area contributed by atoms with Crippen LogP contribution in [-0.2, 0) is 4.79 Å². The molecule has 0 aliphatic rings. The summed E-state index contributed by atoms with van der Waals surface area (Å²) in [5.41, 5.74) is 7.74. The Balaban J connectivity index is 1.73. The molecule has 2 amide bonds. The molecule has 1 aromatic heterocycles. The largest absolute Gasteiger partial charge is 0.484 e. The van der Waals surface area contributed by atoms with E-state index in [1.807, 2.05) is 55.5 Å². The summed E-state index contributed by atoms with van der Waals surface area (Å²) in [5.74, 6) is -0.319. The molecule has 6 heteroatoms. The van der Waals surface area contributed by atoms with Crippen LogP contribution in [-0.4, -0.2) is 18.4 Å². The molecule has 0 aliphatic heterocycles. The number of thiophene rings is 1. The number of rotatable bonds is 6. The molecule has 3 aromatic rings. The van der Waals surface area contributed by atoms with Gasteiger partial charge in [0.25, 0.3) is 11.8 Å². The van der Waals surface area contributed by atoms with Gasteiger partial charge >= 0.3 is 0 Å². The molecular weight excluding hydrogens is 348 g/mol. The van der Waals surface area contributed by atoms with Crippen LogP contribution in [0.4, 0.5) is 5.00 Å². The average molecular weight is 366 g/mol. The smallest absolute Gasteiger partial charge is 0.262 e. The summed E-state index contributed by atoms with van der Waals surface area (Å²) in [5, 5.41) is 3.15. The minimum absolute atomic E-state index is 0.153. The van der Waals surface area contributed by atoms with Gasteiger partial charge in [0.2, 0.25) is 0 Å². The minimum Gasteiger partial charge on any atom is -0.484 e. The standard InChI is InChI=1S/C20H18N2O3S/c1-13-6-5-9-15(10-13)25-12-18(23)22-20-16(19(21)24)11-17(26-20)14-7-3-2-4-8-14/h2-11H,12H2,1H3,(H2,21,24)(H,22,23). The van der Waals surface area contributed by atoms with Crippen LogP contribution in [0.25, 0.3) is 10.4 Å². The molecule has 0 saturated heterocycles. The Bertz CT molecular complexity index is 935. The van der Waals surface area contributed by atoms with Crippen molar-refractivity contribution in [3.05, 3.63) is 71.8 Å². The van der Waals surface area contributed by atoms with Gasteiger partial charge in [0.05, 0.1) is 5.56 Å². The van der Waals surface area contributed by atoms with Crippen LogP contribution in [0.3, 0.4) is 0 Å². The second-order valence-corrected chi connectivity index (χ2v) is 6.79. The van der Waals surface area contributed by atoms with Gasteiger partial charge in [-0.05, 0) is 36.2 Å². The number of primary amides is 1. The van der Waals surface area contributed by atoms with Gasteiger partial charge in [0.1, 0.15) is 10.8 Å². The lowest BCUT2D eigenvalue weighted by Crippen LogP contribution is -2.21. The highest BCUT2D eigenvalue weighted by atomic mass is 32.1. The molecule has 0 spiro atoms. The quantitative estimate of drug-likeness (QED) is 0.695. The van der Waals surface area contributed by atoms with E-state index in [1.165, 1.54) is 11.3 Å². The Hall–Kier alpha value is -3.12. The van der Waals surface area contributed by atoms with Crippen molar-refractivity contribution in [1.82, 2.24) is 0 Å². The Morgan fingerprint density at radius 3 is 2.54 bits per heavy atom. The van der Waals surface area contributed by atoms with Crippen molar-refractivity contribution in [2.45, 2.75) is 6.92 Å². The first kappa shape index (κ1) is 17.7. The first-order valence-corrected chi connectivity index (χ1v) is 8.83. The molecular formula is C20H18N2O3S. The lowest BCUT2D eigenvalue weighted by atomic mass is 10.1. The fourth-order valence-corrected chi connectivity index (χ4v) is 3.51. The molecule has 3 rings (SSSR count). The lowest BCUT2D eigenvalue weighted by molar-refractivity contribution is -0.118. The van der Waals surface area contributed by atoms with E-state index >= 15 is 0 Å². The molecule has 26 heavy (non-hydrogen) atoms. The summed E-state index contributed by atoms with van der Waals surface area (Å²) < 4.78 is 5.49. The third kappa shape index (κ3) is 4.29. The Kier molecular flexibility index (Phi) is 5.34. The molecule has 0 fully saturated rings. The van der Waals surface area contributed by atoms with Gasteiger partial charge in [-0.3, -0.25) is 9.59 Å². The molecule has 132 valence electrons. The highest BCUT2D eigenvalue weighted by Crippen LogP contribution is 2.35. The van der Waals surface area contributed by atoms with Crippen molar-refractivity contribution < 1.29 is 14.3 Å². The van der Waals surface area contributed by atoms with Crippen LogP contribution in [0, 0.1) is 6.92 Å². The van der Waals surface area contributed by atoms with Crippen molar-refractivity contribution >= 4 is 28.2 Å². The van der Waals surface area contributed by atoms with Crippen LogP contribution in [0.15, 0.2) is 60.7 Å². The topological polar surface area (TPSA) is 81.4 Å². The number of hydrogen-bond acceptors (Lipinski definition) is 4. The van der Waals surface area contributed by atoms with Gasteiger partial charge in [0.15, 0.2) is 6.61 Å². The van der Waals surface area contributed by atoms with Crippen molar-refractivity contribution in [2.75, 3.05) is 11.9 Å². The summed E-state index contributed by atoms with van der Waals surface area (Å²) in [6.07, 6.45) is 0. The van der Waals surface area contributed by atoms with Crippen molar-refractivity contribution in [2.24, 2.45) is 5.73 Å². The summed E-state index contributed by atoms with van der Waals surface area (Å²) in [6.45, 7) is 1.79. The molecule has 0 radical (unpaired) electrons. The van der Waals surface area contributed by atoms with Crippen molar-refractivity contribution in [3.8, 4) is 16.2 Å². The van der Waals surface area contributed by atoms with E-state index in [0.717, 1.165) is 16.0 Å². The first-order chi connectivity index (χ1) is 12.5. The molecule has 0 aliphatic carbocycles. The van der Waals surface area contributed by atoms with E-state index in [0.29, 0.717) is 10.8 Å². The van der Waals surface area contributed by atoms with Crippen LogP contribution in [0.2, 0.25) is 0 Å². The Morgan fingerprint density at radius 1 is 1.08 bits per heavy atom. The second-order valence-electron chi connectivity index (χ2n) is 5.74. The SMILES string of the molecule is Cc1cccc(OCC(=O)Nc2sc(-c3ccccc3)cc2C(N)=O)c1. The second kappa shape index (κ2) is 7.84. The van der Waals surface area contributed by atoms with Crippen LogP contribution < -0.4 is 15.8 Å². The molecule has 0 unspecified atom stereocenters. The summed E-state index contributed by atoms with van der Waals surface area (Å²) in [7, 11) is 0. The van der Waals surface area contributed by atoms with E-state index in [4.69, 9.17) is 10.5 Å². The fraction of sp³-hybridized carbons (Fsp3) is 0.100. The number of ether oxygens (including phenoxy) is 1. The van der Waals surface area contributed by atoms with E-state index < -0.39 is 5.91 Å². The van der Waals surface area contributed by atoms with Gasteiger partial charge < -0.3 is 15.8 Å². The van der Waals surface area contributed by atoms with E-state index in [2.05, 4.69) is 5.32 Å². The Morgan fingerprint density at radius 2 is 1.85 bits per heavy atom. The normalized spacial score (nSPS) is 10.3. The zero-order chi connectivity index (χ0) is 18.5. The number of aryl methyl sites for hydroxylation is 1. The molecule has 0 atom stereocenters. The average Bonchev–Trinajstić information content (AvgIpc) is 3.05. The summed E-state index contributed by atoms with van der Waals surface area (Å²) >= 11 is 1.31. The number of amides is 2. The number of nitrogens with two attached hydrogens (primary N) is 1. The Labute approximate surface area is 155 Å². The maximum Gasteiger partial charge on any atom is 0.262 e. The number of carbonyl (C=O) groups is 2. The molecule has 3 N–H and O–H groups in total. The van der Waals surface area contributed by atoms with Crippen molar-refractivity contribution in [3.63, 3.8) is 0 Å². The van der Waals surface area contributed by atoms with Gasteiger partial charge in [-0.2, -0.15) is 0 Å². The van der Waals surface area contributed by atoms with Gasteiger partial charge in [-0.25, -0.2) is 0 Å². The highest BCUT2D eigenvalue weighted by molar-refractivity contribution is 7.20. The summed E-state index contributed by atoms with van der Waals surface area (Å²) in [4.78, 5) is 24.8. The predicted octanol–water partition coefficient (Wildman–Crippen LogP) is 3.84. The predicted molar refractivity (Wildman–Crippen MR) is 104 cm³/mol. The van der Waals surface area contributed by atoms with Crippen molar-refractivity contribution in [1.29, 1.82) is 0 Å². The van der Waals surface area contributed by atoms with E-state index in [1.54, 1.807) is 12.1 Å². The molecule has 5 nitrogen and oxygen atoms in total. The third-order valence-corrected chi connectivity index (χ3v) is 4.77. The number of carbonyl (C=O) groups excluding carboxylic acids is 2.